The molecule has 3 aromatic heterocycles. The Kier molecular flexibility index (Phi) is 6.00. The van der Waals surface area contributed by atoms with Gasteiger partial charge in [0, 0.05) is 35.3 Å². The van der Waals surface area contributed by atoms with Crippen LogP contribution < -0.4 is 15.9 Å². The second-order valence-electron chi connectivity index (χ2n) is 9.25. The van der Waals surface area contributed by atoms with Gasteiger partial charge in [-0.3, -0.25) is 14.3 Å². The first kappa shape index (κ1) is 24.5. The summed E-state index contributed by atoms with van der Waals surface area (Å²) in [6.07, 6.45) is 1.33. The van der Waals surface area contributed by atoms with E-state index in [-0.39, 0.29) is 22.0 Å². The van der Waals surface area contributed by atoms with E-state index in [0.29, 0.717) is 27.9 Å². The first-order valence-corrected chi connectivity index (χ1v) is 12.1. The Balaban J connectivity index is 1.69. The van der Waals surface area contributed by atoms with Crippen molar-refractivity contribution in [2.75, 3.05) is 0 Å². The number of ether oxygens (including phenoxy) is 1. The molecule has 0 saturated carbocycles. The van der Waals surface area contributed by atoms with Gasteiger partial charge in [-0.05, 0) is 75.2 Å². The van der Waals surface area contributed by atoms with E-state index in [1.165, 1.54) is 6.07 Å². The summed E-state index contributed by atoms with van der Waals surface area (Å²) in [5.74, 6) is -0.0922. The van der Waals surface area contributed by atoms with Gasteiger partial charge in [0.1, 0.15) is 22.6 Å². The van der Waals surface area contributed by atoms with Crippen LogP contribution in [0, 0.1) is 20.8 Å². The molecule has 5 aromatic rings. The third-order valence-electron chi connectivity index (χ3n) is 6.37. The molecule has 0 fully saturated rings. The molecule has 37 heavy (non-hydrogen) atoms. The molecule has 1 amide bonds. The van der Waals surface area contributed by atoms with Crippen LogP contribution >= 0.6 is 11.6 Å². The second kappa shape index (κ2) is 9.05. The molecule has 0 radical (unpaired) electrons. The van der Waals surface area contributed by atoms with Gasteiger partial charge in [-0.1, -0.05) is 11.6 Å². The highest BCUT2D eigenvalue weighted by atomic mass is 35.5. The van der Waals surface area contributed by atoms with Crippen LogP contribution in [0.2, 0.25) is 5.15 Å². The number of benzene rings is 2. The van der Waals surface area contributed by atoms with E-state index in [4.69, 9.17) is 26.5 Å². The van der Waals surface area contributed by atoms with Crippen molar-refractivity contribution in [3.8, 4) is 17.1 Å². The number of pyridine rings is 1. The van der Waals surface area contributed by atoms with Gasteiger partial charge in [0.25, 0.3) is 5.91 Å². The lowest BCUT2D eigenvalue weighted by Gasteiger charge is -2.19. The van der Waals surface area contributed by atoms with E-state index in [0.717, 1.165) is 27.6 Å². The number of primary amides is 1. The smallest absolute Gasteiger partial charge is 0.271 e. The Morgan fingerprint density at radius 3 is 2.65 bits per heavy atom. The van der Waals surface area contributed by atoms with Crippen LogP contribution in [-0.2, 0) is 7.05 Å². The van der Waals surface area contributed by atoms with Gasteiger partial charge in [0.15, 0.2) is 16.9 Å². The van der Waals surface area contributed by atoms with Crippen molar-refractivity contribution in [1.82, 2.24) is 14.8 Å². The zero-order valence-corrected chi connectivity index (χ0v) is 21.8. The highest BCUT2D eigenvalue weighted by Gasteiger charge is 2.22. The van der Waals surface area contributed by atoms with E-state index in [9.17, 15) is 9.59 Å². The molecule has 5 rings (SSSR count). The summed E-state index contributed by atoms with van der Waals surface area (Å²) in [6, 6.07) is 10.7. The van der Waals surface area contributed by atoms with E-state index >= 15 is 0 Å². The highest BCUT2D eigenvalue weighted by Crippen LogP contribution is 2.35. The average molecular weight is 517 g/mol. The quantitative estimate of drug-likeness (QED) is 0.306. The Labute approximate surface area is 217 Å². The Morgan fingerprint density at radius 1 is 1.16 bits per heavy atom. The molecule has 2 N–H and O–H groups in total. The molecule has 8 nitrogen and oxygen atoms in total. The lowest BCUT2D eigenvalue weighted by Crippen LogP contribution is -2.17. The molecule has 9 heteroatoms. The molecule has 0 unspecified atom stereocenters. The van der Waals surface area contributed by atoms with Crippen molar-refractivity contribution >= 4 is 39.4 Å². The van der Waals surface area contributed by atoms with Gasteiger partial charge < -0.3 is 14.9 Å². The number of halogens is 1. The van der Waals surface area contributed by atoms with Crippen molar-refractivity contribution in [2.45, 2.75) is 33.8 Å². The van der Waals surface area contributed by atoms with Crippen molar-refractivity contribution in [1.29, 1.82) is 0 Å². The minimum Gasteiger partial charge on any atom is -0.483 e. The summed E-state index contributed by atoms with van der Waals surface area (Å²) in [6.45, 7) is 7.45. The average Bonchev–Trinajstić information content (AvgIpc) is 3.23. The summed E-state index contributed by atoms with van der Waals surface area (Å²) in [7, 11) is 1.87. The minimum atomic E-state index is -0.760. The number of hydrogen-bond acceptors (Lipinski definition) is 6. The molecule has 0 bridgehead atoms. The van der Waals surface area contributed by atoms with E-state index in [1.807, 2.05) is 51.4 Å². The highest BCUT2D eigenvalue weighted by molar-refractivity contribution is 6.29. The maximum absolute atomic E-state index is 13.5. The van der Waals surface area contributed by atoms with Gasteiger partial charge in [-0.15, -0.1) is 0 Å². The van der Waals surface area contributed by atoms with Gasteiger partial charge in [-0.2, -0.15) is 5.10 Å². The van der Waals surface area contributed by atoms with E-state index in [2.05, 4.69) is 10.1 Å². The van der Waals surface area contributed by atoms with Crippen molar-refractivity contribution < 1.29 is 13.9 Å². The second-order valence-corrected chi connectivity index (χ2v) is 9.64. The van der Waals surface area contributed by atoms with Crippen LogP contribution in [0.25, 0.3) is 33.2 Å². The van der Waals surface area contributed by atoms with Crippen LogP contribution in [-0.4, -0.2) is 20.7 Å². The number of amides is 1. The zero-order chi connectivity index (χ0) is 26.6. The molecular weight excluding hydrogens is 492 g/mol. The molecule has 0 spiro atoms. The summed E-state index contributed by atoms with van der Waals surface area (Å²) < 4.78 is 14.3. The molecule has 188 valence electrons. The zero-order valence-electron chi connectivity index (χ0n) is 21.0. The van der Waals surface area contributed by atoms with Gasteiger partial charge in [-0.25, -0.2) is 4.98 Å². The van der Waals surface area contributed by atoms with Gasteiger partial charge in [0.2, 0.25) is 0 Å². The fourth-order valence-electron chi connectivity index (χ4n) is 4.65. The number of rotatable bonds is 5. The molecule has 0 saturated heterocycles. The Hall–Kier alpha value is -4.17. The summed E-state index contributed by atoms with van der Waals surface area (Å²) in [5, 5.41) is 6.04. The van der Waals surface area contributed by atoms with Crippen LogP contribution in [0.5, 0.6) is 5.75 Å². The van der Waals surface area contributed by atoms with Gasteiger partial charge >= 0.3 is 0 Å². The fourth-order valence-corrected chi connectivity index (χ4v) is 4.80. The lowest BCUT2D eigenvalue weighted by molar-refractivity contribution is 0.0988. The predicted molar refractivity (Wildman–Crippen MR) is 143 cm³/mol. The number of aromatic nitrogens is 3. The normalized spacial score (nSPS) is 12.3. The Morgan fingerprint density at radius 2 is 1.92 bits per heavy atom. The van der Waals surface area contributed by atoms with Crippen LogP contribution in [0.1, 0.15) is 45.8 Å². The lowest BCUT2D eigenvalue weighted by atomic mass is 9.98. The fraction of sp³-hybridized carbons (Fsp3) is 0.214. The molecule has 0 aliphatic heterocycles. The summed E-state index contributed by atoms with van der Waals surface area (Å²) in [5.41, 5.74) is 10.4. The van der Waals surface area contributed by atoms with Crippen molar-refractivity contribution in [3.05, 3.63) is 85.9 Å². The SMILES string of the molecule is Cc1cc([C@@H](C)Oc2ccc(Cl)nc2C(N)=O)c2oc(-c3cc(C)c4nn(C)cc4c3)c(C)c(=O)c2c1. The number of aryl methyl sites for hydroxylation is 3. The van der Waals surface area contributed by atoms with Gasteiger partial charge in [0.05, 0.1) is 10.9 Å². The first-order chi connectivity index (χ1) is 17.5. The van der Waals surface area contributed by atoms with Crippen LogP contribution in [0.4, 0.5) is 0 Å². The van der Waals surface area contributed by atoms with E-state index < -0.39 is 12.0 Å². The number of carbonyl (C=O) groups excluding carboxylic acids is 1. The monoisotopic (exact) mass is 516 g/mol. The number of nitrogens with two attached hydrogens (primary N) is 1. The summed E-state index contributed by atoms with van der Waals surface area (Å²) >= 11 is 5.94. The van der Waals surface area contributed by atoms with E-state index in [1.54, 1.807) is 24.6 Å². The first-order valence-electron chi connectivity index (χ1n) is 11.7. The van der Waals surface area contributed by atoms with Crippen LogP contribution in [0.15, 0.2) is 51.8 Å². The summed E-state index contributed by atoms with van der Waals surface area (Å²) in [4.78, 5) is 29.5. The third kappa shape index (κ3) is 4.34. The topological polar surface area (TPSA) is 113 Å². The maximum Gasteiger partial charge on any atom is 0.271 e. The molecule has 0 aliphatic rings. The molecule has 2 aromatic carbocycles. The molecule has 1 atom stereocenters. The maximum atomic E-state index is 13.5. The van der Waals surface area contributed by atoms with Crippen molar-refractivity contribution in [3.63, 3.8) is 0 Å². The molecule has 0 aliphatic carbocycles. The number of nitrogens with zero attached hydrogens (tertiary/aromatic N) is 3. The van der Waals surface area contributed by atoms with Crippen LogP contribution in [0.3, 0.4) is 0 Å². The largest absolute Gasteiger partial charge is 0.483 e. The predicted octanol–water partition coefficient (Wildman–Crippen LogP) is 5.56. The number of hydrogen-bond donors (Lipinski definition) is 1. The number of fused-ring (bicyclic) bond motifs is 2. The Bertz CT molecular complexity index is 1790. The standard InChI is InChI=1S/C28H25ClN4O4/c1-13-8-19(16(4)36-21-6-7-22(29)31-24(21)28(30)35)27-20(9-13)25(34)15(3)26(37-27)17-10-14(2)23-18(11-17)12-33(5)32-23/h6-12,16H,1-5H3,(H2,30,35)/t16-/m1/s1. The minimum absolute atomic E-state index is 0.0745. The molecular formula is C28H25ClN4O4. The number of carbonyl (C=O) groups is 1. The third-order valence-corrected chi connectivity index (χ3v) is 6.58. The van der Waals surface area contributed by atoms with Crippen molar-refractivity contribution in [2.24, 2.45) is 12.8 Å². The molecule has 3 heterocycles.